The number of rotatable bonds is 4. The molecule has 5 nitrogen and oxygen atoms in total. The highest BCUT2D eigenvalue weighted by molar-refractivity contribution is 5.82. The summed E-state index contributed by atoms with van der Waals surface area (Å²) in [6.45, 7) is 5.40. The Morgan fingerprint density at radius 1 is 1.44 bits per heavy atom. The van der Waals surface area contributed by atoms with Crippen LogP contribution in [0.3, 0.4) is 0 Å². The fourth-order valence-electron chi connectivity index (χ4n) is 2.09. The van der Waals surface area contributed by atoms with E-state index in [1.54, 1.807) is 4.90 Å². The molecule has 0 aliphatic carbocycles. The fraction of sp³-hybridized carbons (Fsp3) is 0.818. The molecule has 0 aromatic carbocycles. The minimum atomic E-state index is -0.316. The predicted molar refractivity (Wildman–Crippen MR) is 61.3 cm³/mol. The van der Waals surface area contributed by atoms with Gasteiger partial charge in [0.1, 0.15) is 0 Å². The molecule has 0 saturated carbocycles. The number of carbonyl (C=O) groups is 2. The second-order valence-corrected chi connectivity index (χ2v) is 4.76. The molecule has 4 N–H and O–H groups in total. The first kappa shape index (κ1) is 13.0. The molecule has 0 spiro atoms. The van der Waals surface area contributed by atoms with Crippen molar-refractivity contribution in [2.24, 2.45) is 29.2 Å². The first-order chi connectivity index (χ1) is 7.47. The molecule has 1 aliphatic heterocycles. The quantitative estimate of drug-likeness (QED) is 0.681. The van der Waals surface area contributed by atoms with Gasteiger partial charge in [-0.2, -0.15) is 0 Å². The van der Waals surface area contributed by atoms with Gasteiger partial charge in [-0.15, -0.1) is 0 Å². The molecule has 1 rings (SSSR count). The molecule has 0 radical (unpaired) electrons. The number of primary amides is 1. The van der Waals surface area contributed by atoms with Gasteiger partial charge in [0, 0.05) is 19.6 Å². The Kier molecular flexibility index (Phi) is 4.29. The van der Waals surface area contributed by atoms with E-state index in [0.29, 0.717) is 26.1 Å². The maximum atomic E-state index is 12.1. The maximum Gasteiger partial charge on any atom is 0.227 e. The monoisotopic (exact) mass is 227 g/mol. The van der Waals surface area contributed by atoms with Gasteiger partial charge in [-0.3, -0.25) is 9.59 Å². The van der Waals surface area contributed by atoms with Crippen molar-refractivity contribution in [3.05, 3.63) is 0 Å². The second kappa shape index (κ2) is 5.30. The van der Waals surface area contributed by atoms with Crippen LogP contribution in [0.25, 0.3) is 0 Å². The van der Waals surface area contributed by atoms with Crippen LogP contribution in [-0.4, -0.2) is 36.3 Å². The maximum absolute atomic E-state index is 12.1. The molecular weight excluding hydrogens is 206 g/mol. The summed E-state index contributed by atoms with van der Waals surface area (Å²) in [7, 11) is 0. The molecule has 0 aromatic heterocycles. The van der Waals surface area contributed by atoms with E-state index < -0.39 is 0 Å². The summed E-state index contributed by atoms with van der Waals surface area (Å²) in [6, 6.07) is 0. The summed E-state index contributed by atoms with van der Waals surface area (Å²) in [5.41, 5.74) is 10.8. The van der Waals surface area contributed by atoms with Crippen LogP contribution in [0.4, 0.5) is 0 Å². The molecule has 2 unspecified atom stereocenters. The topological polar surface area (TPSA) is 89.4 Å². The second-order valence-electron chi connectivity index (χ2n) is 4.76. The van der Waals surface area contributed by atoms with Crippen LogP contribution in [0.1, 0.15) is 20.3 Å². The summed E-state index contributed by atoms with van der Waals surface area (Å²) in [4.78, 5) is 24.8. The van der Waals surface area contributed by atoms with Gasteiger partial charge in [0.25, 0.3) is 0 Å². The number of amides is 2. The standard InChI is InChI=1S/C11H21N3O2/c1-7(2)9(5-12)11(16)14-4-3-8(6-14)10(13)15/h7-9H,3-6,12H2,1-2H3,(H2,13,15). The molecule has 0 aromatic rings. The largest absolute Gasteiger partial charge is 0.369 e. The Morgan fingerprint density at radius 3 is 2.44 bits per heavy atom. The van der Waals surface area contributed by atoms with Crippen molar-refractivity contribution in [1.29, 1.82) is 0 Å². The average Bonchev–Trinajstić information content (AvgIpc) is 2.66. The highest BCUT2D eigenvalue weighted by Crippen LogP contribution is 2.20. The lowest BCUT2D eigenvalue weighted by atomic mass is 9.94. The summed E-state index contributed by atoms with van der Waals surface area (Å²) in [6.07, 6.45) is 0.677. The SMILES string of the molecule is CC(C)C(CN)C(=O)N1CCC(C(N)=O)C1. The molecule has 2 amide bonds. The molecule has 16 heavy (non-hydrogen) atoms. The van der Waals surface area contributed by atoms with Crippen LogP contribution in [0.2, 0.25) is 0 Å². The van der Waals surface area contributed by atoms with E-state index in [2.05, 4.69) is 0 Å². The van der Waals surface area contributed by atoms with Crippen LogP contribution in [0.5, 0.6) is 0 Å². The van der Waals surface area contributed by atoms with Gasteiger partial charge in [0.05, 0.1) is 11.8 Å². The van der Waals surface area contributed by atoms with E-state index >= 15 is 0 Å². The third kappa shape index (κ3) is 2.72. The van der Waals surface area contributed by atoms with Crippen LogP contribution >= 0.6 is 0 Å². The number of hydrogen-bond donors (Lipinski definition) is 2. The van der Waals surface area contributed by atoms with Crippen molar-refractivity contribution >= 4 is 11.8 Å². The smallest absolute Gasteiger partial charge is 0.227 e. The minimum absolute atomic E-state index is 0.0567. The summed E-state index contributed by atoms with van der Waals surface area (Å²) in [5.74, 6) is -0.364. The highest BCUT2D eigenvalue weighted by Gasteiger charge is 2.33. The lowest BCUT2D eigenvalue weighted by Crippen LogP contribution is -2.40. The van der Waals surface area contributed by atoms with E-state index in [1.165, 1.54) is 0 Å². The zero-order valence-electron chi connectivity index (χ0n) is 9.98. The number of likely N-dealkylation sites (tertiary alicyclic amines) is 1. The summed E-state index contributed by atoms with van der Waals surface area (Å²) in [5, 5.41) is 0. The van der Waals surface area contributed by atoms with E-state index in [-0.39, 0.29) is 29.6 Å². The molecule has 5 heteroatoms. The first-order valence-corrected chi connectivity index (χ1v) is 5.75. The lowest BCUT2D eigenvalue weighted by molar-refractivity contribution is -0.135. The Balaban J connectivity index is 2.59. The number of nitrogens with two attached hydrogens (primary N) is 2. The molecule has 2 atom stereocenters. The Hall–Kier alpha value is -1.10. The summed E-state index contributed by atoms with van der Waals surface area (Å²) < 4.78 is 0. The first-order valence-electron chi connectivity index (χ1n) is 5.75. The highest BCUT2D eigenvalue weighted by atomic mass is 16.2. The van der Waals surface area contributed by atoms with E-state index in [1.807, 2.05) is 13.8 Å². The minimum Gasteiger partial charge on any atom is -0.369 e. The van der Waals surface area contributed by atoms with Gasteiger partial charge < -0.3 is 16.4 Å². The van der Waals surface area contributed by atoms with Crippen molar-refractivity contribution < 1.29 is 9.59 Å². The Morgan fingerprint density at radius 2 is 2.06 bits per heavy atom. The fourth-order valence-corrected chi connectivity index (χ4v) is 2.09. The average molecular weight is 227 g/mol. The van der Waals surface area contributed by atoms with Crippen LogP contribution in [-0.2, 0) is 9.59 Å². The van der Waals surface area contributed by atoms with Crippen LogP contribution < -0.4 is 11.5 Å². The number of hydrogen-bond acceptors (Lipinski definition) is 3. The molecule has 0 bridgehead atoms. The molecular formula is C11H21N3O2. The molecule has 1 heterocycles. The molecule has 1 aliphatic rings. The molecule has 1 saturated heterocycles. The van der Waals surface area contributed by atoms with Crippen molar-refractivity contribution in [1.82, 2.24) is 4.90 Å². The molecule has 1 fully saturated rings. The molecule has 92 valence electrons. The van der Waals surface area contributed by atoms with Gasteiger partial charge in [0.15, 0.2) is 0 Å². The predicted octanol–water partition coefficient (Wildman–Crippen LogP) is -0.449. The third-order valence-electron chi connectivity index (χ3n) is 3.28. The zero-order valence-corrected chi connectivity index (χ0v) is 9.98. The Bertz CT molecular complexity index is 278. The van der Waals surface area contributed by atoms with Crippen molar-refractivity contribution in [3.63, 3.8) is 0 Å². The summed E-state index contributed by atoms with van der Waals surface area (Å²) >= 11 is 0. The number of nitrogens with zero attached hydrogens (tertiary/aromatic N) is 1. The third-order valence-corrected chi connectivity index (χ3v) is 3.28. The zero-order chi connectivity index (χ0) is 12.3. The van der Waals surface area contributed by atoms with Crippen LogP contribution in [0.15, 0.2) is 0 Å². The van der Waals surface area contributed by atoms with Gasteiger partial charge in [0.2, 0.25) is 11.8 Å². The van der Waals surface area contributed by atoms with Gasteiger partial charge in [-0.25, -0.2) is 0 Å². The van der Waals surface area contributed by atoms with Crippen LogP contribution in [0, 0.1) is 17.8 Å². The van der Waals surface area contributed by atoms with Gasteiger partial charge >= 0.3 is 0 Å². The van der Waals surface area contributed by atoms with E-state index in [9.17, 15) is 9.59 Å². The number of carbonyl (C=O) groups excluding carboxylic acids is 2. The van der Waals surface area contributed by atoms with Crippen molar-refractivity contribution in [2.45, 2.75) is 20.3 Å². The lowest BCUT2D eigenvalue weighted by Gasteiger charge is -2.24. The van der Waals surface area contributed by atoms with E-state index in [0.717, 1.165) is 0 Å². The van der Waals surface area contributed by atoms with Crippen molar-refractivity contribution in [2.75, 3.05) is 19.6 Å². The Labute approximate surface area is 96.1 Å². The normalized spacial score (nSPS) is 22.5. The van der Waals surface area contributed by atoms with Gasteiger partial charge in [-0.1, -0.05) is 13.8 Å². The van der Waals surface area contributed by atoms with Crippen molar-refractivity contribution in [3.8, 4) is 0 Å². The van der Waals surface area contributed by atoms with E-state index in [4.69, 9.17) is 11.5 Å². The van der Waals surface area contributed by atoms with Gasteiger partial charge in [-0.05, 0) is 12.3 Å².